The minimum absolute atomic E-state index is 0. The van der Waals surface area contributed by atoms with E-state index in [9.17, 15) is 0 Å². The SMILES string of the molecule is [Cd].[S]=[Zn][SeH]. The molecular weight excluding hydrogens is 289 g/mol. The third kappa shape index (κ3) is 8.86. The maximum atomic E-state index is 4.55. The van der Waals surface area contributed by atoms with Gasteiger partial charge in [0.25, 0.3) is 0 Å². The average molecular weight is 290 g/mol. The average Bonchev–Trinajstić information content (AvgIpc) is 0.918. The topological polar surface area (TPSA) is 0 Å². The van der Waals surface area contributed by atoms with Gasteiger partial charge in [-0.15, -0.1) is 0 Å². The molecule has 0 saturated heterocycles. The first-order valence-corrected chi connectivity index (χ1v) is 13.0. The van der Waals surface area contributed by atoms with E-state index in [-0.39, 0.29) is 40.7 Å². The molecule has 0 aromatic rings. The zero-order chi connectivity index (χ0) is 2.71. The first kappa shape index (κ1) is 9.56. The Morgan fingerprint density at radius 3 is 1.75 bits per heavy atom. The molecule has 0 aliphatic heterocycles. The zero-order valence-electron chi connectivity index (χ0n) is 2.27. The summed E-state index contributed by atoms with van der Waals surface area (Å²) >= 11 is 2.11. The standard InChI is InChI=1S/Cd.S.H2Se.Zn/h;;1H2;/q;;;+1/p-1. The maximum absolute atomic E-state index is 4.55. The number of hydrogen-bond donors (Lipinski definition) is 0. The first-order valence-electron chi connectivity index (χ1n) is 0.605. The van der Waals surface area contributed by atoms with Gasteiger partial charge in [-0.05, 0) is 0 Å². The van der Waals surface area contributed by atoms with E-state index in [0.717, 1.165) is 0 Å². The van der Waals surface area contributed by atoms with Gasteiger partial charge >= 0.3 is 37.2 Å². The van der Waals surface area contributed by atoms with Crippen LogP contribution in [0.5, 0.6) is 0 Å². The second kappa shape index (κ2) is 8.99. The van der Waals surface area contributed by atoms with Gasteiger partial charge in [0.1, 0.15) is 0 Å². The summed E-state index contributed by atoms with van der Waals surface area (Å²) in [6, 6.07) is 0. The van der Waals surface area contributed by atoms with Crippen LogP contribution in [-0.2, 0) is 40.7 Å². The Morgan fingerprint density at radius 2 is 1.75 bits per heavy atom. The summed E-state index contributed by atoms with van der Waals surface area (Å²) in [5.74, 6) is 0. The van der Waals surface area contributed by atoms with Gasteiger partial charge in [0.05, 0.1) is 0 Å². The van der Waals surface area contributed by atoms with Crippen molar-refractivity contribution in [3.63, 3.8) is 0 Å². The van der Waals surface area contributed by atoms with E-state index in [4.69, 9.17) is 0 Å². The van der Waals surface area contributed by atoms with Gasteiger partial charge in [-0.25, -0.2) is 0 Å². The Bertz CT molecular complexity index is 15.5. The van der Waals surface area contributed by atoms with Crippen molar-refractivity contribution < 1.29 is 40.7 Å². The summed E-state index contributed by atoms with van der Waals surface area (Å²) in [4.78, 5) is 0. The third-order valence-electron chi connectivity index (χ3n) is 0. The monoisotopic (exact) mass is 291 g/mol. The van der Waals surface area contributed by atoms with Crippen LogP contribution in [0.1, 0.15) is 0 Å². The van der Waals surface area contributed by atoms with Crippen molar-refractivity contribution in [3.8, 4) is 0 Å². The molecule has 0 rings (SSSR count). The Balaban J connectivity index is 0. The fourth-order valence-corrected chi connectivity index (χ4v) is 0. The molecule has 0 fully saturated rings. The molecule has 0 amide bonds. The molecule has 0 heterocycles. The summed E-state index contributed by atoms with van der Waals surface area (Å²) in [7, 11) is 4.55. The van der Waals surface area contributed by atoms with Crippen molar-refractivity contribution >= 4 is 23.8 Å². The van der Waals surface area contributed by atoms with Crippen LogP contribution in [0.15, 0.2) is 0 Å². The molecule has 4 heteroatoms. The molecule has 17 valence electrons. The molecule has 4 heavy (non-hydrogen) atoms. The molecule has 0 nitrogen and oxygen atoms in total. The fourth-order valence-electron chi connectivity index (χ4n) is 0. The van der Waals surface area contributed by atoms with Crippen LogP contribution in [0.4, 0.5) is 0 Å². The zero-order valence-corrected chi connectivity index (χ0v) is 12.0. The number of rotatable bonds is 0. The van der Waals surface area contributed by atoms with E-state index in [2.05, 4.69) is 23.8 Å². The van der Waals surface area contributed by atoms with Gasteiger partial charge in [0, 0.05) is 27.3 Å². The van der Waals surface area contributed by atoms with Crippen LogP contribution in [0.3, 0.4) is 0 Å². The minimum atomic E-state index is -0.354. The summed E-state index contributed by atoms with van der Waals surface area (Å²) in [6.07, 6.45) is 0. The van der Waals surface area contributed by atoms with Crippen molar-refractivity contribution in [1.29, 1.82) is 0 Å². The van der Waals surface area contributed by atoms with Gasteiger partial charge in [0.15, 0.2) is 0 Å². The Hall–Kier alpha value is 2.28. The molecule has 0 radical (unpaired) electrons. The Morgan fingerprint density at radius 1 is 1.75 bits per heavy atom. The van der Waals surface area contributed by atoms with Gasteiger partial charge in [0.2, 0.25) is 0 Å². The molecule has 0 bridgehead atoms. The molecule has 0 saturated carbocycles. The van der Waals surface area contributed by atoms with Crippen LogP contribution < -0.4 is 0 Å². The van der Waals surface area contributed by atoms with Gasteiger partial charge < -0.3 is 0 Å². The van der Waals surface area contributed by atoms with Crippen LogP contribution in [0, 0.1) is 0 Å². The summed E-state index contributed by atoms with van der Waals surface area (Å²) < 4.78 is 0. The molecule has 0 aliphatic rings. The van der Waals surface area contributed by atoms with Gasteiger partial charge in [-0.2, -0.15) is 0 Å². The van der Waals surface area contributed by atoms with Gasteiger partial charge in [-0.1, -0.05) is 0 Å². The quantitative estimate of drug-likeness (QED) is 0.566. The summed E-state index contributed by atoms with van der Waals surface area (Å²) in [5.41, 5.74) is 0. The van der Waals surface area contributed by atoms with Crippen LogP contribution >= 0.6 is 10.1 Å². The normalized spacial score (nSPS) is 2.25. The van der Waals surface area contributed by atoms with Gasteiger partial charge in [-0.3, -0.25) is 0 Å². The fraction of sp³-hybridized carbons (Fsp3) is 0. The predicted molar refractivity (Wildman–Crippen MR) is 14.7 cm³/mol. The molecule has 0 aromatic heterocycles. The summed E-state index contributed by atoms with van der Waals surface area (Å²) in [5, 5.41) is 0. The van der Waals surface area contributed by atoms with Crippen molar-refractivity contribution in [2.45, 2.75) is 0 Å². The molecule has 0 unspecified atom stereocenters. The van der Waals surface area contributed by atoms with E-state index >= 15 is 0 Å². The van der Waals surface area contributed by atoms with Crippen molar-refractivity contribution in [3.05, 3.63) is 0 Å². The third-order valence-corrected chi connectivity index (χ3v) is 0. The van der Waals surface area contributed by atoms with E-state index in [0.29, 0.717) is 0 Å². The Labute approximate surface area is 63.5 Å². The van der Waals surface area contributed by atoms with E-state index < -0.39 is 0 Å². The molecule has 0 atom stereocenters. The molecule has 0 aromatic carbocycles. The van der Waals surface area contributed by atoms with Crippen LogP contribution in [0.2, 0.25) is 0 Å². The number of hydrogen-bond acceptors (Lipinski definition) is 1. The van der Waals surface area contributed by atoms with Crippen molar-refractivity contribution in [2.24, 2.45) is 0 Å². The van der Waals surface area contributed by atoms with E-state index in [1.807, 2.05) is 0 Å². The molecule has 0 aliphatic carbocycles. The van der Waals surface area contributed by atoms with E-state index in [1.165, 1.54) is 0 Å². The van der Waals surface area contributed by atoms with Crippen LogP contribution in [0.25, 0.3) is 0 Å². The Kier molecular flexibility index (Phi) is 21.5. The van der Waals surface area contributed by atoms with Crippen molar-refractivity contribution in [2.75, 3.05) is 0 Å². The predicted octanol–water partition coefficient (Wildman–Crippen LogP) is -0.00530. The second-order valence-electron chi connectivity index (χ2n) is 0.129. The molecular formula is HCdSSeZn. The molecule has 0 N–H and O–H groups in total. The first-order chi connectivity index (χ1) is 1.41. The van der Waals surface area contributed by atoms with Crippen LogP contribution in [-0.4, -0.2) is 13.7 Å². The van der Waals surface area contributed by atoms with E-state index in [1.54, 1.807) is 0 Å². The second-order valence-corrected chi connectivity index (χ2v) is 10.5. The van der Waals surface area contributed by atoms with Crippen molar-refractivity contribution in [1.82, 2.24) is 0 Å². The molecule has 0 spiro atoms. The summed E-state index contributed by atoms with van der Waals surface area (Å²) in [6.45, 7) is 0.